The molecule has 2 bridgehead atoms. The Labute approximate surface area is 298 Å². The molecule has 0 unspecified atom stereocenters. The summed E-state index contributed by atoms with van der Waals surface area (Å²) in [4.78, 5) is 29.9. The van der Waals surface area contributed by atoms with Gasteiger partial charge in [0.25, 0.3) is 0 Å². The largest absolute Gasteiger partial charge is 0.459 e. The number of methoxy groups -OCH3 is 1. The molecule has 50 heavy (non-hydrogen) atoms. The van der Waals surface area contributed by atoms with Crippen LogP contribution in [0.2, 0.25) is 0 Å². The van der Waals surface area contributed by atoms with Crippen molar-refractivity contribution in [1.29, 1.82) is 0 Å². The van der Waals surface area contributed by atoms with Crippen LogP contribution in [0, 0.1) is 23.7 Å². The van der Waals surface area contributed by atoms with E-state index >= 15 is 0 Å². The fraction of sp³-hybridized carbons (Fsp3) is 0.946. The average Bonchev–Trinajstić information content (AvgIpc) is 3.28. The van der Waals surface area contributed by atoms with E-state index in [9.17, 15) is 24.9 Å². The van der Waals surface area contributed by atoms with Gasteiger partial charge in [-0.1, -0.05) is 27.7 Å². The SMILES string of the molecule is CC[C@H]1OC(=O)[C@H](C)[C@@H](O[C@H]2C[C@@](C)(OC)[C@@H](O)[C@H](C)O2)[C@H](C)[C@@H](O[C@@H]2O[C@H](C)C[C@H](N(C)C)[C@H]2O)[C@](C)(O)C[C@@H](C)[C@H]2O[C@@]1(C)C(=O)[C@H]2C. The smallest absolute Gasteiger partial charge is 0.311 e. The third-order valence-corrected chi connectivity index (χ3v) is 12.1. The molecule has 3 N–H and O–H groups in total. The summed E-state index contributed by atoms with van der Waals surface area (Å²) in [5, 5.41) is 34.9. The minimum atomic E-state index is -1.59. The van der Waals surface area contributed by atoms with E-state index in [1.165, 1.54) is 7.11 Å². The second-order valence-corrected chi connectivity index (χ2v) is 16.5. The number of Topliss-reactive ketones (excluding diaryl/α,β-unsaturated/α-hetero) is 1. The van der Waals surface area contributed by atoms with E-state index in [0.717, 1.165) is 0 Å². The maximum Gasteiger partial charge on any atom is 0.311 e. The zero-order valence-corrected chi connectivity index (χ0v) is 32.5. The van der Waals surface area contributed by atoms with Crippen LogP contribution in [0.1, 0.15) is 94.9 Å². The highest BCUT2D eigenvalue weighted by molar-refractivity contribution is 5.92. The third-order valence-electron chi connectivity index (χ3n) is 12.1. The first-order chi connectivity index (χ1) is 23.1. The number of rotatable bonds is 7. The van der Waals surface area contributed by atoms with Crippen LogP contribution < -0.4 is 0 Å². The Morgan fingerprint density at radius 3 is 2.16 bits per heavy atom. The normalized spacial score (nSPS) is 51.1. The van der Waals surface area contributed by atoms with Crippen molar-refractivity contribution in [3.05, 3.63) is 0 Å². The van der Waals surface area contributed by atoms with Gasteiger partial charge in [-0.2, -0.15) is 0 Å². The standard InChI is InChI=1S/C37H65NO12/c1-14-25-37(10)30(40)20(4)28(50-37)18(2)16-35(8,43)32(49-34-27(39)24(38(11)12)15-19(3)45-34)21(5)29(22(6)33(42)47-25)48-26-17-36(9,44-13)31(41)23(7)46-26/h18-29,31-32,34,39,41,43H,14-17H2,1-13H3/t18-,19-,20+,21+,22-,23+,24+,25-,26+,27-,28-,29+,31+,32-,34+,35-,36-,37-/m1/s1. The van der Waals surface area contributed by atoms with E-state index in [1.54, 1.807) is 34.6 Å². The lowest BCUT2D eigenvalue weighted by atomic mass is 9.75. The number of hydrogen-bond donors (Lipinski definition) is 3. The van der Waals surface area contributed by atoms with E-state index in [0.29, 0.717) is 12.8 Å². The number of carbonyl (C=O) groups excluding carboxylic acids is 2. The number of aliphatic hydroxyl groups excluding tert-OH is 2. The maximum absolute atomic E-state index is 14.2. The predicted octanol–water partition coefficient (Wildman–Crippen LogP) is 2.83. The average molecular weight is 716 g/mol. The van der Waals surface area contributed by atoms with Gasteiger partial charge in [0.05, 0.1) is 47.6 Å². The lowest BCUT2D eigenvalue weighted by molar-refractivity contribution is -0.318. The van der Waals surface area contributed by atoms with Gasteiger partial charge in [-0.25, -0.2) is 0 Å². The number of nitrogens with zero attached hydrogens (tertiary/aromatic N) is 1. The second-order valence-electron chi connectivity index (χ2n) is 16.5. The van der Waals surface area contributed by atoms with Gasteiger partial charge in [-0.05, 0) is 80.8 Å². The maximum atomic E-state index is 14.2. The molecule has 13 heteroatoms. The van der Waals surface area contributed by atoms with Crippen molar-refractivity contribution < 1.29 is 58.1 Å². The molecule has 4 heterocycles. The summed E-state index contributed by atoms with van der Waals surface area (Å²) in [5.41, 5.74) is -3.97. The first kappa shape index (κ1) is 41.5. The van der Waals surface area contributed by atoms with Crippen LogP contribution in [0.4, 0.5) is 0 Å². The highest BCUT2D eigenvalue weighted by Gasteiger charge is 2.58. The Balaban J connectivity index is 1.82. The molecule has 4 rings (SSSR count). The first-order valence-electron chi connectivity index (χ1n) is 18.5. The van der Waals surface area contributed by atoms with Crippen molar-refractivity contribution in [3.8, 4) is 0 Å². The van der Waals surface area contributed by atoms with Gasteiger partial charge in [0, 0.05) is 31.4 Å². The minimum Gasteiger partial charge on any atom is -0.459 e. The Morgan fingerprint density at radius 1 is 0.940 bits per heavy atom. The number of cyclic esters (lactones) is 1. The molecule has 0 aliphatic carbocycles. The molecular formula is C37H65NO12. The molecule has 290 valence electrons. The summed E-state index contributed by atoms with van der Waals surface area (Å²) < 4.78 is 44.1. The Hall–Kier alpha value is -1.26. The lowest BCUT2D eigenvalue weighted by Gasteiger charge is -2.48. The second kappa shape index (κ2) is 15.6. The van der Waals surface area contributed by atoms with Gasteiger partial charge in [0.2, 0.25) is 0 Å². The summed E-state index contributed by atoms with van der Waals surface area (Å²) in [6.07, 6.45) is -7.07. The monoisotopic (exact) mass is 715 g/mol. The molecule has 4 aliphatic heterocycles. The van der Waals surface area contributed by atoms with Gasteiger partial charge >= 0.3 is 5.97 Å². The van der Waals surface area contributed by atoms with Gasteiger partial charge in [-0.15, -0.1) is 0 Å². The molecule has 0 aromatic rings. The molecule has 0 radical (unpaired) electrons. The lowest BCUT2D eigenvalue weighted by Crippen LogP contribution is -2.60. The van der Waals surface area contributed by atoms with E-state index in [1.807, 2.05) is 53.6 Å². The molecule has 0 aromatic carbocycles. The quantitative estimate of drug-likeness (QED) is 0.330. The van der Waals surface area contributed by atoms with Crippen LogP contribution in [0.5, 0.6) is 0 Å². The van der Waals surface area contributed by atoms with Crippen LogP contribution in [0.25, 0.3) is 0 Å². The Morgan fingerprint density at radius 2 is 1.58 bits per heavy atom. The summed E-state index contributed by atoms with van der Waals surface area (Å²) >= 11 is 0. The first-order valence-corrected chi connectivity index (χ1v) is 18.5. The summed E-state index contributed by atoms with van der Waals surface area (Å²) in [5.74, 6) is -3.25. The summed E-state index contributed by atoms with van der Waals surface area (Å²) in [7, 11) is 5.29. The van der Waals surface area contributed by atoms with Crippen molar-refractivity contribution in [2.24, 2.45) is 23.7 Å². The summed E-state index contributed by atoms with van der Waals surface area (Å²) in [6, 6.07) is -0.267. The minimum absolute atomic E-state index is 0.156. The van der Waals surface area contributed by atoms with Crippen molar-refractivity contribution >= 4 is 11.8 Å². The predicted molar refractivity (Wildman–Crippen MR) is 183 cm³/mol. The number of esters is 1. The topological polar surface area (TPSA) is 163 Å². The fourth-order valence-electron chi connectivity index (χ4n) is 9.01. The molecule has 0 spiro atoms. The van der Waals surface area contributed by atoms with Crippen molar-refractivity contribution in [1.82, 2.24) is 4.90 Å². The highest BCUT2D eigenvalue weighted by Crippen LogP contribution is 2.45. The molecule has 0 aromatic heterocycles. The molecule has 4 fully saturated rings. The van der Waals surface area contributed by atoms with Crippen LogP contribution in [-0.2, 0) is 42.7 Å². The molecule has 4 aliphatic rings. The van der Waals surface area contributed by atoms with Crippen LogP contribution in [0.15, 0.2) is 0 Å². The fourth-order valence-corrected chi connectivity index (χ4v) is 9.01. The van der Waals surface area contributed by atoms with Gasteiger partial charge in [0.15, 0.2) is 24.0 Å². The Kier molecular flexibility index (Phi) is 13.0. The number of carbonyl (C=O) groups is 2. The van der Waals surface area contributed by atoms with Crippen LogP contribution in [-0.4, -0.2) is 137 Å². The van der Waals surface area contributed by atoms with E-state index in [4.69, 9.17) is 33.2 Å². The van der Waals surface area contributed by atoms with Crippen molar-refractivity contribution in [3.63, 3.8) is 0 Å². The number of ether oxygens (including phenoxy) is 7. The van der Waals surface area contributed by atoms with E-state index in [2.05, 4.69) is 0 Å². The van der Waals surface area contributed by atoms with Crippen molar-refractivity contribution in [2.45, 2.75) is 179 Å². The highest BCUT2D eigenvalue weighted by atomic mass is 16.7. The number of fused-ring (bicyclic) bond motifs is 2. The molecule has 4 saturated heterocycles. The molecule has 0 amide bonds. The number of hydrogen-bond acceptors (Lipinski definition) is 13. The van der Waals surface area contributed by atoms with Gasteiger partial charge in [-0.3, -0.25) is 9.59 Å². The number of ketones is 1. The molecule has 0 saturated carbocycles. The van der Waals surface area contributed by atoms with Gasteiger partial charge < -0.3 is 53.4 Å². The molecule has 18 atom stereocenters. The number of likely N-dealkylation sites (N-methyl/N-ethyl adjacent to an activating group) is 1. The Bertz CT molecular complexity index is 1190. The zero-order chi connectivity index (χ0) is 37.7. The third kappa shape index (κ3) is 7.97. The summed E-state index contributed by atoms with van der Waals surface area (Å²) in [6.45, 7) is 17.9. The van der Waals surface area contributed by atoms with Crippen LogP contribution >= 0.6 is 0 Å². The van der Waals surface area contributed by atoms with E-state index in [-0.39, 0.29) is 36.7 Å². The van der Waals surface area contributed by atoms with Crippen molar-refractivity contribution in [2.75, 3.05) is 21.2 Å². The zero-order valence-electron chi connectivity index (χ0n) is 32.5. The number of aliphatic hydroxyl groups is 3. The van der Waals surface area contributed by atoms with Crippen LogP contribution in [0.3, 0.4) is 0 Å². The molecular weight excluding hydrogens is 650 g/mol. The van der Waals surface area contributed by atoms with Gasteiger partial charge in [0.1, 0.15) is 18.3 Å². The molecule has 13 nitrogen and oxygen atoms in total. The van der Waals surface area contributed by atoms with E-state index < -0.39 is 95.8 Å².